The van der Waals surface area contributed by atoms with Crippen molar-refractivity contribution in [3.05, 3.63) is 24.3 Å². The van der Waals surface area contributed by atoms with Crippen LogP contribution in [0.4, 0.5) is 0 Å². The maximum absolute atomic E-state index is 11.0. The molecule has 1 atom stereocenters. The first kappa shape index (κ1) is 10.6. The number of carbonyl (C=O) groups excluding carboxylic acids is 1. The molecule has 0 spiro atoms. The van der Waals surface area contributed by atoms with Crippen LogP contribution in [0, 0.1) is 0 Å². The molecule has 76 valence electrons. The molecule has 0 unspecified atom stereocenters. The highest BCUT2D eigenvalue weighted by Gasteiger charge is 2.11. The van der Waals surface area contributed by atoms with Crippen molar-refractivity contribution in [1.29, 1.82) is 0 Å². The van der Waals surface area contributed by atoms with Gasteiger partial charge in [0.05, 0.1) is 7.11 Å². The lowest BCUT2D eigenvalue weighted by atomic mass is 10.2. The number of Topliss-reactive ketones (excluding diaryl/α,β-unsaturated/α-hetero) is 1. The SMILES string of the molecule is COc1ccccc1O[C@@H](C)C(C)=O. The Labute approximate surface area is 83.6 Å². The third-order valence-electron chi connectivity index (χ3n) is 1.95. The summed E-state index contributed by atoms with van der Waals surface area (Å²) in [5, 5.41) is 0. The van der Waals surface area contributed by atoms with Gasteiger partial charge in [0, 0.05) is 0 Å². The van der Waals surface area contributed by atoms with Gasteiger partial charge in [-0.1, -0.05) is 12.1 Å². The van der Waals surface area contributed by atoms with Crippen LogP contribution in [0.25, 0.3) is 0 Å². The molecule has 0 saturated heterocycles. The fourth-order valence-electron chi connectivity index (χ4n) is 0.990. The molecule has 0 aliphatic heterocycles. The van der Waals surface area contributed by atoms with E-state index in [2.05, 4.69) is 0 Å². The Balaban J connectivity index is 2.80. The van der Waals surface area contributed by atoms with Crippen molar-refractivity contribution in [1.82, 2.24) is 0 Å². The molecule has 3 nitrogen and oxygen atoms in total. The van der Waals surface area contributed by atoms with Crippen LogP contribution < -0.4 is 9.47 Å². The van der Waals surface area contributed by atoms with Crippen LogP contribution in [0.15, 0.2) is 24.3 Å². The van der Waals surface area contributed by atoms with Gasteiger partial charge in [-0.05, 0) is 26.0 Å². The molecule has 0 saturated carbocycles. The van der Waals surface area contributed by atoms with Crippen LogP contribution in [-0.4, -0.2) is 19.0 Å². The second-order valence-electron chi connectivity index (χ2n) is 3.02. The molecule has 0 fully saturated rings. The summed E-state index contributed by atoms with van der Waals surface area (Å²) in [6, 6.07) is 7.26. The number of benzene rings is 1. The van der Waals surface area contributed by atoms with Gasteiger partial charge >= 0.3 is 0 Å². The molecule has 0 aromatic heterocycles. The van der Waals surface area contributed by atoms with Gasteiger partial charge in [-0.15, -0.1) is 0 Å². The van der Waals surface area contributed by atoms with Gasteiger partial charge in [-0.2, -0.15) is 0 Å². The molecule has 1 aromatic carbocycles. The average Bonchev–Trinajstić information content (AvgIpc) is 2.18. The van der Waals surface area contributed by atoms with Crippen molar-refractivity contribution in [2.75, 3.05) is 7.11 Å². The molecule has 1 rings (SSSR count). The van der Waals surface area contributed by atoms with Gasteiger partial charge in [-0.3, -0.25) is 4.79 Å². The fraction of sp³-hybridized carbons (Fsp3) is 0.364. The second-order valence-corrected chi connectivity index (χ2v) is 3.02. The molecule has 0 bridgehead atoms. The van der Waals surface area contributed by atoms with E-state index in [9.17, 15) is 4.79 Å². The largest absolute Gasteiger partial charge is 0.493 e. The van der Waals surface area contributed by atoms with E-state index in [0.717, 1.165) is 0 Å². The monoisotopic (exact) mass is 194 g/mol. The second kappa shape index (κ2) is 4.65. The number of para-hydroxylation sites is 2. The van der Waals surface area contributed by atoms with Gasteiger partial charge < -0.3 is 9.47 Å². The maximum Gasteiger partial charge on any atom is 0.169 e. The lowest BCUT2D eigenvalue weighted by molar-refractivity contribution is -0.122. The third-order valence-corrected chi connectivity index (χ3v) is 1.95. The first-order valence-electron chi connectivity index (χ1n) is 4.45. The van der Waals surface area contributed by atoms with Crippen molar-refractivity contribution in [2.45, 2.75) is 20.0 Å². The Hall–Kier alpha value is -1.51. The Kier molecular flexibility index (Phi) is 3.51. The third kappa shape index (κ3) is 2.49. The van der Waals surface area contributed by atoms with Crippen LogP contribution in [0.2, 0.25) is 0 Å². The van der Waals surface area contributed by atoms with Crippen LogP contribution in [-0.2, 0) is 4.79 Å². The van der Waals surface area contributed by atoms with Crippen LogP contribution in [0.5, 0.6) is 11.5 Å². The molecular formula is C11H14O3. The van der Waals surface area contributed by atoms with Crippen molar-refractivity contribution in [3.8, 4) is 11.5 Å². The highest BCUT2D eigenvalue weighted by molar-refractivity contribution is 5.80. The normalized spacial score (nSPS) is 11.9. The van der Waals surface area contributed by atoms with Crippen molar-refractivity contribution in [2.24, 2.45) is 0 Å². The summed E-state index contributed by atoms with van der Waals surface area (Å²) in [5.74, 6) is 1.23. The average molecular weight is 194 g/mol. The van der Waals surface area contributed by atoms with Crippen molar-refractivity contribution < 1.29 is 14.3 Å². The first-order valence-corrected chi connectivity index (χ1v) is 4.45. The minimum atomic E-state index is -0.439. The number of hydrogen-bond donors (Lipinski definition) is 0. The van der Waals surface area contributed by atoms with Crippen LogP contribution >= 0.6 is 0 Å². The summed E-state index contributed by atoms with van der Waals surface area (Å²) in [4.78, 5) is 11.0. The van der Waals surface area contributed by atoms with E-state index in [0.29, 0.717) is 11.5 Å². The molecule has 0 heterocycles. The number of ether oxygens (including phenoxy) is 2. The van der Waals surface area contributed by atoms with E-state index in [1.807, 2.05) is 12.1 Å². The molecule has 14 heavy (non-hydrogen) atoms. The van der Waals surface area contributed by atoms with Crippen molar-refractivity contribution >= 4 is 5.78 Å². The summed E-state index contributed by atoms with van der Waals surface area (Å²) in [7, 11) is 1.57. The van der Waals surface area contributed by atoms with E-state index in [-0.39, 0.29) is 5.78 Å². The predicted octanol–water partition coefficient (Wildman–Crippen LogP) is 2.05. The van der Waals surface area contributed by atoms with Crippen LogP contribution in [0.1, 0.15) is 13.8 Å². The molecule has 0 amide bonds. The standard InChI is InChI=1S/C11H14O3/c1-8(12)9(2)14-11-7-5-4-6-10(11)13-3/h4-7,9H,1-3H3/t9-/m0/s1. The zero-order chi connectivity index (χ0) is 10.6. The highest BCUT2D eigenvalue weighted by atomic mass is 16.5. The maximum atomic E-state index is 11.0. The number of ketones is 1. The number of methoxy groups -OCH3 is 1. The van der Waals surface area contributed by atoms with Gasteiger partial charge in [0.1, 0.15) is 0 Å². The minimum Gasteiger partial charge on any atom is -0.493 e. The Bertz CT molecular complexity index is 320. The van der Waals surface area contributed by atoms with E-state index in [1.54, 1.807) is 26.2 Å². The van der Waals surface area contributed by atoms with Gasteiger partial charge in [0.2, 0.25) is 0 Å². The zero-order valence-electron chi connectivity index (χ0n) is 8.61. The smallest absolute Gasteiger partial charge is 0.169 e. The molecule has 1 aromatic rings. The number of carbonyl (C=O) groups is 1. The predicted molar refractivity (Wildman–Crippen MR) is 53.8 cm³/mol. The summed E-state index contributed by atoms with van der Waals surface area (Å²) in [5.41, 5.74) is 0. The Morgan fingerprint density at radius 2 is 1.86 bits per heavy atom. The molecule has 0 aliphatic carbocycles. The highest BCUT2D eigenvalue weighted by Crippen LogP contribution is 2.26. The van der Waals surface area contributed by atoms with E-state index >= 15 is 0 Å². The summed E-state index contributed by atoms with van der Waals surface area (Å²) < 4.78 is 10.5. The quantitative estimate of drug-likeness (QED) is 0.735. The fourth-order valence-corrected chi connectivity index (χ4v) is 0.990. The van der Waals surface area contributed by atoms with E-state index in [4.69, 9.17) is 9.47 Å². The lowest BCUT2D eigenvalue weighted by Gasteiger charge is -2.13. The molecule has 3 heteroatoms. The number of hydrogen-bond acceptors (Lipinski definition) is 3. The van der Waals surface area contributed by atoms with Gasteiger partial charge in [0.25, 0.3) is 0 Å². The molecular weight excluding hydrogens is 180 g/mol. The molecule has 0 N–H and O–H groups in total. The summed E-state index contributed by atoms with van der Waals surface area (Å²) in [6.45, 7) is 3.22. The topological polar surface area (TPSA) is 35.5 Å². The molecule has 0 radical (unpaired) electrons. The van der Waals surface area contributed by atoms with E-state index in [1.165, 1.54) is 6.92 Å². The minimum absolute atomic E-state index is 0.00379. The van der Waals surface area contributed by atoms with Gasteiger partial charge in [-0.25, -0.2) is 0 Å². The number of rotatable bonds is 4. The Morgan fingerprint density at radius 1 is 1.29 bits per heavy atom. The van der Waals surface area contributed by atoms with Gasteiger partial charge in [0.15, 0.2) is 23.4 Å². The first-order chi connectivity index (χ1) is 6.65. The van der Waals surface area contributed by atoms with Crippen molar-refractivity contribution in [3.63, 3.8) is 0 Å². The lowest BCUT2D eigenvalue weighted by Crippen LogP contribution is -2.20. The molecule has 0 aliphatic rings. The Morgan fingerprint density at radius 3 is 2.36 bits per heavy atom. The summed E-state index contributed by atoms with van der Waals surface area (Å²) in [6.07, 6.45) is -0.439. The summed E-state index contributed by atoms with van der Waals surface area (Å²) >= 11 is 0. The van der Waals surface area contributed by atoms with Crippen LogP contribution in [0.3, 0.4) is 0 Å². The van der Waals surface area contributed by atoms with E-state index < -0.39 is 6.10 Å². The zero-order valence-corrected chi connectivity index (χ0v) is 8.61.